The van der Waals surface area contributed by atoms with Crippen LogP contribution in [0.3, 0.4) is 0 Å². The normalized spacial score (nSPS) is 10.2. The lowest BCUT2D eigenvalue weighted by Gasteiger charge is -2.09. The molecule has 0 unspecified atom stereocenters. The predicted octanol–water partition coefficient (Wildman–Crippen LogP) is 2.39. The number of methoxy groups -OCH3 is 1. The zero-order chi connectivity index (χ0) is 13.5. The maximum atomic E-state index is 5.73. The Morgan fingerprint density at radius 2 is 1.95 bits per heavy atom. The Morgan fingerprint density at radius 3 is 2.63 bits per heavy atom. The summed E-state index contributed by atoms with van der Waals surface area (Å²) >= 11 is 0. The van der Waals surface area contributed by atoms with Crippen LogP contribution in [0.4, 0.5) is 0 Å². The van der Waals surface area contributed by atoms with Gasteiger partial charge in [-0.3, -0.25) is 0 Å². The topological polar surface area (TPSA) is 43.4 Å². The Morgan fingerprint density at radius 1 is 1.16 bits per heavy atom. The Labute approximate surface area is 113 Å². The quantitative estimate of drug-likeness (QED) is 0.864. The Bertz CT molecular complexity index is 512. The van der Waals surface area contributed by atoms with Crippen LogP contribution in [-0.4, -0.2) is 19.1 Å². The number of nitrogens with one attached hydrogen (secondary N) is 1. The molecule has 1 heterocycles. The minimum Gasteiger partial charge on any atom is -0.489 e. The molecule has 0 aliphatic rings. The van der Waals surface area contributed by atoms with Gasteiger partial charge in [0.25, 0.3) is 0 Å². The monoisotopic (exact) mass is 258 g/mol. The van der Waals surface area contributed by atoms with Gasteiger partial charge < -0.3 is 14.8 Å². The van der Waals surface area contributed by atoms with Crippen molar-refractivity contribution in [3.63, 3.8) is 0 Å². The molecule has 0 aliphatic heterocycles. The van der Waals surface area contributed by atoms with Crippen molar-refractivity contribution in [3.8, 4) is 11.6 Å². The first-order chi connectivity index (χ1) is 9.33. The van der Waals surface area contributed by atoms with Crippen LogP contribution in [-0.2, 0) is 13.2 Å². The van der Waals surface area contributed by atoms with Gasteiger partial charge in [0.2, 0.25) is 5.88 Å². The third-order valence-corrected chi connectivity index (χ3v) is 2.74. The Hall–Kier alpha value is -2.07. The number of pyridine rings is 1. The van der Waals surface area contributed by atoms with E-state index in [0.29, 0.717) is 12.5 Å². The fraction of sp³-hybridized carbons (Fsp3) is 0.267. The summed E-state index contributed by atoms with van der Waals surface area (Å²) in [6.07, 6.45) is 1.70. The van der Waals surface area contributed by atoms with Gasteiger partial charge in [0.15, 0.2) is 0 Å². The van der Waals surface area contributed by atoms with Crippen molar-refractivity contribution in [3.05, 3.63) is 53.7 Å². The van der Waals surface area contributed by atoms with Crippen LogP contribution in [0.1, 0.15) is 11.1 Å². The van der Waals surface area contributed by atoms with Gasteiger partial charge in [-0.1, -0.05) is 12.1 Å². The smallest absolute Gasteiger partial charge is 0.219 e. The van der Waals surface area contributed by atoms with E-state index < -0.39 is 0 Å². The first kappa shape index (κ1) is 13.4. The van der Waals surface area contributed by atoms with E-state index in [9.17, 15) is 0 Å². The molecule has 100 valence electrons. The van der Waals surface area contributed by atoms with E-state index in [-0.39, 0.29) is 0 Å². The first-order valence-corrected chi connectivity index (χ1v) is 6.17. The number of aromatic nitrogens is 1. The molecular weight excluding hydrogens is 240 g/mol. The molecule has 19 heavy (non-hydrogen) atoms. The van der Waals surface area contributed by atoms with E-state index in [1.165, 1.54) is 5.56 Å². The van der Waals surface area contributed by atoms with Gasteiger partial charge in [-0.2, -0.15) is 0 Å². The minimum atomic E-state index is 0.447. The number of hydrogen-bond acceptors (Lipinski definition) is 4. The van der Waals surface area contributed by atoms with Crippen molar-refractivity contribution in [2.45, 2.75) is 13.2 Å². The summed E-state index contributed by atoms with van der Waals surface area (Å²) in [5, 5.41) is 3.11. The SMILES string of the molecule is CNCc1ccc(OCc2cccnc2OC)cc1. The van der Waals surface area contributed by atoms with Crippen LogP contribution in [0.2, 0.25) is 0 Å². The van der Waals surface area contributed by atoms with Crippen LogP contribution in [0.15, 0.2) is 42.6 Å². The van der Waals surface area contributed by atoms with Gasteiger partial charge >= 0.3 is 0 Å². The van der Waals surface area contributed by atoms with E-state index in [1.54, 1.807) is 13.3 Å². The summed E-state index contributed by atoms with van der Waals surface area (Å²) in [6.45, 7) is 1.30. The molecule has 1 N–H and O–H groups in total. The van der Waals surface area contributed by atoms with E-state index in [4.69, 9.17) is 9.47 Å². The number of nitrogens with zero attached hydrogens (tertiary/aromatic N) is 1. The summed E-state index contributed by atoms with van der Waals surface area (Å²) in [5.41, 5.74) is 2.16. The summed E-state index contributed by atoms with van der Waals surface area (Å²) in [7, 11) is 3.54. The Kier molecular flexibility index (Phi) is 4.75. The molecule has 0 radical (unpaired) electrons. The molecule has 0 atom stereocenters. The average molecular weight is 258 g/mol. The molecule has 4 heteroatoms. The third kappa shape index (κ3) is 3.69. The Balaban J connectivity index is 1.98. The van der Waals surface area contributed by atoms with Crippen LogP contribution in [0, 0.1) is 0 Å². The van der Waals surface area contributed by atoms with Crippen molar-refractivity contribution in [2.24, 2.45) is 0 Å². The van der Waals surface area contributed by atoms with Crippen LogP contribution in [0.5, 0.6) is 11.6 Å². The standard InChI is InChI=1S/C15H18N2O2/c1-16-10-12-5-7-14(8-6-12)19-11-13-4-3-9-17-15(13)18-2/h3-9,16H,10-11H2,1-2H3. The minimum absolute atomic E-state index is 0.447. The maximum Gasteiger partial charge on any atom is 0.219 e. The first-order valence-electron chi connectivity index (χ1n) is 6.17. The molecule has 0 fully saturated rings. The number of benzene rings is 1. The second-order valence-corrected chi connectivity index (χ2v) is 4.13. The van der Waals surface area contributed by atoms with Gasteiger partial charge in [-0.15, -0.1) is 0 Å². The third-order valence-electron chi connectivity index (χ3n) is 2.74. The van der Waals surface area contributed by atoms with Crippen molar-refractivity contribution in [2.75, 3.05) is 14.2 Å². The molecule has 1 aromatic carbocycles. The van der Waals surface area contributed by atoms with E-state index in [2.05, 4.69) is 10.3 Å². The van der Waals surface area contributed by atoms with E-state index in [1.807, 2.05) is 43.4 Å². The molecular formula is C15H18N2O2. The highest BCUT2D eigenvalue weighted by Crippen LogP contribution is 2.18. The van der Waals surface area contributed by atoms with Crippen molar-refractivity contribution < 1.29 is 9.47 Å². The molecule has 0 aliphatic carbocycles. The van der Waals surface area contributed by atoms with Gasteiger partial charge in [0.05, 0.1) is 12.7 Å². The summed E-state index contributed by atoms with van der Waals surface area (Å²) < 4.78 is 10.9. The highest BCUT2D eigenvalue weighted by molar-refractivity contribution is 5.29. The summed E-state index contributed by atoms with van der Waals surface area (Å²) in [6, 6.07) is 11.8. The van der Waals surface area contributed by atoms with Crippen molar-refractivity contribution in [1.82, 2.24) is 10.3 Å². The zero-order valence-electron chi connectivity index (χ0n) is 11.2. The van der Waals surface area contributed by atoms with Crippen LogP contribution >= 0.6 is 0 Å². The second-order valence-electron chi connectivity index (χ2n) is 4.13. The largest absolute Gasteiger partial charge is 0.489 e. The number of hydrogen-bond donors (Lipinski definition) is 1. The fourth-order valence-corrected chi connectivity index (χ4v) is 1.79. The van der Waals surface area contributed by atoms with Crippen molar-refractivity contribution >= 4 is 0 Å². The van der Waals surface area contributed by atoms with E-state index >= 15 is 0 Å². The molecule has 2 aromatic rings. The van der Waals surface area contributed by atoms with Crippen LogP contribution in [0.25, 0.3) is 0 Å². The lowest BCUT2D eigenvalue weighted by molar-refractivity contribution is 0.294. The molecule has 1 aromatic heterocycles. The number of ether oxygens (including phenoxy) is 2. The molecule has 0 spiro atoms. The molecule has 0 saturated carbocycles. The molecule has 4 nitrogen and oxygen atoms in total. The molecule has 0 bridgehead atoms. The summed E-state index contributed by atoms with van der Waals surface area (Å²) in [5.74, 6) is 1.44. The lowest BCUT2D eigenvalue weighted by atomic mass is 10.2. The highest BCUT2D eigenvalue weighted by Gasteiger charge is 2.04. The summed E-state index contributed by atoms with van der Waals surface area (Å²) in [4.78, 5) is 4.14. The van der Waals surface area contributed by atoms with Gasteiger partial charge in [0.1, 0.15) is 12.4 Å². The molecule has 0 amide bonds. The highest BCUT2D eigenvalue weighted by atomic mass is 16.5. The molecule has 0 saturated heterocycles. The van der Waals surface area contributed by atoms with Crippen molar-refractivity contribution in [1.29, 1.82) is 0 Å². The van der Waals surface area contributed by atoms with Gasteiger partial charge in [-0.25, -0.2) is 4.98 Å². The van der Waals surface area contributed by atoms with Gasteiger partial charge in [-0.05, 0) is 36.9 Å². The van der Waals surface area contributed by atoms with Crippen LogP contribution < -0.4 is 14.8 Å². The maximum absolute atomic E-state index is 5.73. The predicted molar refractivity (Wildman–Crippen MR) is 74.3 cm³/mol. The van der Waals surface area contributed by atoms with E-state index in [0.717, 1.165) is 17.9 Å². The lowest BCUT2D eigenvalue weighted by Crippen LogP contribution is -2.04. The second kappa shape index (κ2) is 6.75. The van der Waals surface area contributed by atoms with Gasteiger partial charge in [0, 0.05) is 12.7 Å². The molecule has 2 rings (SSSR count). The number of rotatable bonds is 6. The zero-order valence-corrected chi connectivity index (χ0v) is 11.2. The average Bonchev–Trinajstić information content (AvgIpc) is 2.47. The fourth-order valence-electron chi connectivity index (χ4n) is 1.79.